The minimum atomic E-state index is 0.999. The van der Waals surface area contributed by atoms with E-state index in [9.17, 15) is 0 Å². The van der Waals surface area contributed by atoms with E-state index in [2.05, 4.69) is 238 Å². The molecule has 1 aliphatic carbocycles. The van der Waals surface area contributed by atoms with Crippen molar-refractivity contribution in [2.45, 2.75) is 6.42 Å². The van der Waals surface area contributed by atoms with Crippen LogP contribution >= 0.6 is 0 Å². The molecule has 298 valence electrons. The van der Waals surface area contributed by atoms with Crippen molar-refractivity contribution in [3.8, 4) is 39.1 Å². The van der Waals surface area contributed by atoms with E-state index in [-0.39, 0.29) is 0 Å². The van der Waals surface area contributed by atoms with Crippen molar-refractivity contribution in [3.05, 3.63) is 236 Å². The number of benzene rings is 10. The summed E-state index contributed by atoms with van der Waals surface area (Å²) >= 11 is 0. The summed E-state index contributed by atoms with van der Waals surface area (Å²) in [4.78, 5) is 2.47. The largest absolute Gasteiger partial charge is 0.310 e. The summed E-state index contributed by atoms with van der Waals surface area (Å²) in [5.41, 5.74) is 21.0. The molecule has 0 spiro atoms. The van der Waals surface area contributed by atoms with Gasteiger partial charge < -0.3 is 13.9 Å². The van der Waals surface area contributed by atoms with Gasteiger partial charge in [0.1, 0.15) is 0 Å². The number of hydrogen-bond donors (Lipinski definition) is 0. The van der Waals surface area contributed by atoms with Gasteiger partial charge >= 0.3 is 0 Å². The maximum atomic E-state index is 2.47. The molecule has 0 aliphatic heterocycles. The fourth-order valence-corrected chi connectivity index (χ4v) is 11.0. The Morgan fingerprint density at radius 1 is 0.344 bits per heavy atom. The molecule has 1 aliphatic rings. The molecule has 3 aromatic heterocycles. The highest BCUT2D eigenvalue weighted by molar-refractivity contribution is 6.27. The van der Waals surface area contributed by atoms with Crippen LogP contribution in [0.3, 0.4) is 0 Å². The third kappa shape index (κ3) is 5.04. The van der Waals surface area contributed by atoms with Crippen molar-refractivity contribution in [1.82, 2.24) is 8.97 Å². The van der Waals surface area contributed by atoms with Crippen LogP contribution in [0.1, 0.15) is 11.1 Å². The van der Waals surface area contributed by atoms with Gasteiger partial charge in [0.25, 0.3) is 0 Å². The monoisotopic (exact) mass is 813 g/mol. The van der Waals surface area contributed by atoms with Gasteiger partial charge in [0.2, 0.25) is 0 Å². The fourth-order valence-electron chi connectivity index (χ4n) is 11.0. The van der Waals surface area contributed by atoms with Gasteiger partial charge in [-0.05, 0) is 112 Å². The van der Waals surface area contributed by atoms with Crippen molar-refractivity contribution in [3.63, 3.8) is 0 Å². The summed E-state index contributed by atoms with van der Waals surface area (Å²) in [5.74, 6) is 0. The van der Waals surface area contributed by atoms with Crippen LogP contribution in [0.25, 0.3) is 99.0 Å². The van der Waals surface area contributed by atoms with Gasteiger partial charge in [-0.1, -0.05) is 158 Å². The number of para-hydroxylation sites is 5. The van der Waals surface area contributed by atoms with Crippen LogP contribution in [-0.4, -0.2) is 8.97 Å². The highest BCUT2D eigenvalue weighted by Crippen LogP contribution is 2.48. The lowest BCUT2D eigenvalue weighted by atomic mass is 9.98. The zero-order valence-electron chi connectivity index (χ0n) is 34.9. The molecule has 0 bridgehead atoms. The van der Waals surface area contributed by atoms with E-state index in [4.69, 9.17) is 0 Å². The van der Waals surface area contributed by atoms with Crippen LogP contribution < -0.4 is 4.90 Å². The topological polar surface area (TPSA) is 12.6 Å². The summed E-state index contributed by atoms with van der Waals surface area (Å²) in [7, 11) is 0. The molecule has 0 N–H and O–H groups in total. The van der Waals surface area contributed by atoms with Gasteiger partial charge in [0, 0.05) is 54.9 Å². The molecule has 0 radical (unpaired) electrons. The molecule has 64 heavy (non-hydrogen) atoms. The average molecular weight is 814 g/mol. The van der Waals surface area contributed by atoms with Gasteiger partial charge in [0.15, 0.2) is 0 Å². The Hall–Kier alpha value is -8.40. The SMILES string of the molecule is c1ccc(-n2c3ccccc3c3cccc(-c4ccc(N(c5ccc(-c6ccc7c(c6)-c6ccccc6C7)cc5)c5ccc6c7ccccc7n7c8ccccc8c5c67)cc4)c32)cc1. The first-order valence-corrected chi connectivity index (χ1v) is 22.2. The molecule has 0 atom stereocenters. The van der Waals surface area contributed by atoms with Crippen molar-refractivity contribution >= 4 is 77.0 Å². The van der Waals surface area contributed by atoms with Gasteiger partial charge in [0.05, 0.1) is 33.3 Å². The molecule has 10 aromatic carbocycles. The van der Waals surface area contributed by atoms with E-state index < -0.39 is 0 Å². The van der Waals surface area contributed by atoms with Crippen molar-refractivity contribution in [1.29, 1.82) is 0 Å². The Morgan fingerprint density at radius 3 is 1.69 bits per heavy atom. The number of fused-ring (bicyclic) bond motifs is 12. The standard InChI is InChI=1S/C61H39N3/c1-2-14-44(15-3-1)63-55-22-9-6-17-49(55)51-21-12-20-48(60(51)63)40-29-33-46(34-30-40)62(45-31-27-39(28-32-45)41-25-26-43-37-42-13-4-5-16-47(42)54(43)38-41)58-36-35-52-50-18-7-10-23-56(50)64-57-24-11-8-19-53(57)59(58)61(52)64/h1-36,38H,37H2. The van der Waals surface area contributed by atoms with Gasteiger partial charge in [-0.2, -0.15) is 0 Å². The van der Waals surface area contributed by atoms with Crippen molar-refractivity contribution in [2.24, 2.45) is 0 Å². The first-order valence-electron chi connectivity index (χ1n) is 22.2. The maximum absolute atomic E-state index is 2.47. The lowest BCUT2D eigenvalue weighted by Crippen LogP contribution is -2.10. The Balaban J connectivity index is 0.958. The number of anilines is 3. The Morgan fingerprint density at radius 2 is 0.906 bits per heavy atom. The molecule has 0 saturated heterocycles. The molecule has 13 aromatic rings. The molecule has 0 saturated carbocycles. The van der Waals surface area contributed by atoms with Gasteiger partial charge in [-0.15, -0.1) is 0 Å². The molecule has 3 heteroatoms. The minimum Gasteiger partial charge on any atom is -0.310 e. The molecule has 0 amide bonds. The molecule has 3 heterocycles. The zero-order valence-corrected chi connectivity index (χ0v) is 34.9. The third-order valence-electron chi connectivity index (χ3n) is 13.9. The van der Waals surface area contributed by atoms with E-state index in [1.165, 1.54) is 104 Å². The van der Waals surface area contributed by atoms with Gasteiger partial charge in [-0.25, -0.2) is 0 Å². The Labute approximate surface area is 370 Å². The molecular weight excluding hydrogens is 775 g/mol. The zero-order chi connectivity index (χ0) is 41.9. The van der Waals surface area contributed by atoms with Crippen LogP contribution in [0.5, 0.6) is 0 Å². The van der Waals surface area contributed by atoms with E-state index in [0.29, 0.717) is 0 Å². The second kappa shape index (κ2) is 13.5. The number of hydrogen-bond acceptors (Lipinski definition) is 1. The third-order valence-corrected chi connectivity index (χ3v) is 13.9. The normalized spacial score (nSPS) is 12.3. The Kier molecular flexibility index (Phi) is 7.46. The lowest BCUT2D eigenvalue weighted by Gasteiger charge is -2.27. The highest BCUT2D eigenvalue weighted by atomic mass is 15.1. The fraction of sp³-hybridized carbons (Fsp3) is 0.0164. The number of rotatable bonds is 6. The van der Waals surface area contributed by atoms with Crippen molar-refractivity contribution in [2.75, 3.05) is 4.90 Å². The quantitative estimate of drug-likeness (QED) is 0.163. The van der Waals surface area contributed by atoms with Crippen LogP contribution in [0, 0.1) is 0 Å². The molecule has 0 fully saturated rings. The van der Waals surface area contributed by atoms with Gasteiger partial charge in [-0.3, -0.25) is 0 Å². The molecule has 14 rings (SSSR count). The second-order valence-electron chi connectivity index (χ2n) is 17.3. The summed E-state index contributed by atoms with van der Waals surface area (Å²) in [6.07, 6.45) is 0.999. The minimum absolute atomic E-state index is 0.999. The predicted octanol–water partition coefficient (Wildman–Crippen LogP) is 16.3. The second-order valence-corrected chi connectivity index (χ2v) is 17.3. The lowest BCUT2D eigenvalue weighted by molar-refractivity contribution is 1.18. The maximum Gasteiger partial charge on any atom is 0.0641 e. The van der Waals surface area contributed by atoms with Crippen LogP contribution in [0.4, 0.5) is 17.1 Å². The van der Waals surface area contributed by atoms with E-state index in [0.717, 1.165) is 29.2 Å². The molecule has 0 unspecified atom stereocenters. The van der Waals surface area contributed by atoms with E-state index in [1.54, 1.807) is 0 Å². The van der Waals surface area contributed by atoms with Crippen molar-refractivity contribution < 1.29 is 0 Å². The summed E-state index contributed by atoms with van der Waals surface area (Å²) in [6, 6.07) is 82.9. The van der Waals surface area contributed by atoms with Crippen LogP contribution in [-0.2, 0) is 6.42 Å². The number of aromatic nitrogens is 2. The average Bonchev–Trinajstić information content (AvgIpc) is 4.11. The predicted molar refractivity (Wildman–Crippen MR) is 269 cm³/mol. The highest BCUT2D eigenvalue weighted by Gasteiger charge is 2.25. The molecule has 3 nitrogen and oxygen atoms in total. The summed E-state index contributed by atoms with van der Waals surface area (Å²) in [5, 5.41) is 7.56. The Bertz CT molecular complexity index is 3970. The van der Waals surface area contributed by atoms with E-state index in [1.807, 2.05) is 0 Å². The first-order chi connectivity index (χ1) is 31.8. The smallest absolute Gasteiger partial charge is 0.0641 e. The molecular formula is C61H39N3. The van der Waals surface area contributed by atoms with Crippen LogP contribution in [0.15, 0.2) is 224 Å². The van der Waals surface area contributed by atoms with E-state index >= 15 is 0 Å². The first kappa shape index (κ1) is 35.2. The number of nitrogens with zero attached hydrogens (tertiary/aromatic N) is 3. The van der Waals surface area contributed by atoms with Crippen LogP contribution in [0.2, 0.25) is 0 Å². The summed E-state index contributed by atoms with van der Waals surface area (Å²) in [6.45, 7) is 0. The summed E-state index contributed by atoms with van der Waals surface area (Å²) < 4.78 is 4.90.